The summed E-state index contributed by atoms with van der Waals surface area (Å²) in [5.74, 6) is 1.57. The van der Waals surface area contributed by atoms with Gasteiger partial charge < -0.3 is 9.84 Å². The van der Waals surface area contributed by atoms with Crippen LogP contribution >= 0.6 is 0 Å². The fraction of sp³-hybridized carbons (Fsp3) is 0.250. The van der Waals surface area contributed by atoms with Gasteiger partial charge in [0, 0.05) is 18.5 Å². The lowest BCUT2D eigenvalue weighted by Crippen LogP contribution is -2.02. The van der Waals surface area contributed by atoms with Crippen LogP contribution in [0.3, 0.4) is 0 Å². The second-order valence-electron chi connectivity index (χ2n) is 4.18. The van der Waals surface area contributed by atoms with Gasteiger partial charge >= 0.3 is 0 Å². The number of anilines is 1. The average Bonchev–Trinajstić information content (AvgIpc) is 2.91. The highest BCUT2D eigenvalue weighted by molar-refractivity contribution is 5.67. The molecule has 0 aliphatic carbocycles. The minimum absolute atomic E-state index is 0.553. The summed E-state index contributed by atoms with van der Waals surface area (Å²) in [6.07, 6.45) is 3.54. The lowest BCUT2D eigenvalue weighted by atomic mass is 10.3. The van der Waals surface area contributed by atoms with Gasteiger partial charge in [0.1, 0.15) is 5.52 Å². The van der Waals surface area contributed by atoms with Crippen molar-refractivity contribution in [3.05, 3.63) is 41.7 Å². The molecule has 0 amide bonds. The lowest BCUT2D eigenvalue weighted by Gasteiger charge is -2.04. The minimum atomic E-state index is 0.553. The Balaban J connectivity index is 1.86. The number of hydrogen-bond acceptors (Lipinski definition) is 5. The highest BCUT2D eigenvalue weighted by Crippen LogP contribution is 2.15. The second kappa shape index (κ2) is 4.14. The monoisotopic (exact) mass is 243 g/mol. The number of hydrogen-bond donors (Lipinski definition) is 1. The van der Waals surface area contributed by atoms with E-state index in [4.69, 9.17) is 4.52 Å². The predicted octanol–water partition coefficient (Wildman–Crippen LogP) is 1.95. The van der Waals surface area contributed by atoms with E-state index in [0.717, 1.165) is 28.5 Å². The maximum atomic E-state index is 5.14. The van der Waals surface area contributed by atoms with E-state index in [0.29, 0.717) is 6.54 Å². The molecule has 0 aliphatic rings. The van der Waals surface area contributed by atoms with Gasteiger partial charge in [-0.2, -0.15) is 5.10 Å². The number of aromatic nitrogens is 4. The Morgan fingerprint density at radius 3 is 2.94 bits per heavy atom. The summed E-state index contributed by atoms with van der Waals surface area (Å²) in [6, 6.07) is 3.88. The van der Waals surface area contributed by atoms with Crippen molar-refractivity contribution < 1.29 is 4.52 Å². The van der Waals surface area contributed by atoms with Crippen LogP contribution in [0.1, 0.15) is 17.1 Å². The number of nitrogens with one attached hydrogen (secondary N) is 1. The number of nitrogens with zero attached hydrogens (tertiary/aromatic N) is 4. The van der Waals surface area contributed by atoms with Crippen LogP contribution in [-0.2, 0) is 6.54 Å². The molecule has 0 saturated heterocycles. The molecule has 18 heavy (non-hydrogen) atoms. The molecule has 1 N–H and O–H groups in total. The van der Waals surface area contributed by atoms with Crippen molar-refractivity contribution in [3.63, 3.8) is 0 Å². The van der Waals surface area contributed by atoms with E-state index in [1.54, 1.807) is 10.7 Å². The van der Waals surface area contributed by atoms with Crippen LogP contribution in [-0.4, -0.2) is 19.8 Å². The molecule has 92 valence electrons. The number of rotatable bonds is 3. The summed E-state index contributed by atoms with van der Waals surface area (Å²) >= 11 is 0. The average molecular weight is 243 g/mol. The summed E-state index contributed by atoms with van der Waals surface area (Å²) in [4.78, 5) is 4.31. The molecule has 0 aliphatic heterocycles. The predicted molar refractivity (Wildman–Crippen MR) is 66.3 cm³/mol. The summed E-state index contributed by atoms with van der Waals surface area (Å²) in [6.45, 7) is 4.40. The van der Waals surface area contributed by atoms with Crippen molar-refractivity contribution >= 4 is 11.3 Å². The standard InChI is InChI=1S/C12H13N5O/c1-8-6-11-12(13-3-4-17(11)15-8)14-7-10-5-9(2)16-18-10/h3-6H,7H2,1-2H3,(H,13,14). The van der Waals surface area contributed by atoms with Gasteiger partial charge in [-0.05, 0) is 19.9 Å². The Bertz CT molecular complexity index is 685. The van der Waals surface area contributed by atoms with Crippen LogP contribution in [0.5, 0.6) is 0 Å². The Kier molecular flexibility index (Phi) is 2.47. The van der Waals surface area contributed by atoms with Crippen molar-refractivity contribution in [1.82, 2.24) is 19.8 Å². The quantitative estimate of drug-likeness (QED) is 0.761. The molecule has 0 aromatic carbocycles. The van der Waals surface area contributed by atoms with E-state index >= 15 is 0 Å². The minimum Gasteiger partial charge on any atom is -0.361 e. The molecule has 6 heteroatoms. The maximum Gasteiger partial charge on any atom is 0.156 e. The van der Waals surface area contributed by atoms with Crippen molar-refractivity contribution in [1.29, 1.82) is 0 Å². The smallest absolute Gasteiger partial charge is 0.156 e. The van der Waals surface area contributed by atoms with Crippen LogP contribution in [0.2, 0.25) is 0 Å². The molecule has 0 spiro atoms. The number of fused-ring (bicyclic) bond motifs is 1. The fourth-order valence-corrected chi connectivity index (χ4v) is 1.85. The van der Waals surface area contributed by atoms with Crippen molar-refractivity contribution in [2.75, 3.05) is 5.32 Å². The first-order chi connectivity index (χ1) is 8.72. The molecule has 0 unspecified atom stereocenters. The lowest BCUT2D eigenvalue weighted by molar-refractivity contribution is 0.384. The molecule has 0 atom stereocenters. The van der Waals surface area contributed by atoms with E-state index < -0.39 is 0 Å². The third kappa shape index (κ3) is 1.92. The van der Waals surface area contributed by atoms with Crippen LogP contribution < -0.4 is 5.32 Å². The molecule has 3 heterocycles. The van der Waals surface area contributed by atoms with Gasteiger partial charge in [0.15, 0.2) is 11.6 Å². The molecular formula is C12H13N5O. The molecular weight excluding hydrogens is 230 g/mol. The van der Waals surface area contributed by atoms with Crippen molar-refractivity contribution in [2.45, 2.75) is 20.4 Å². The maximum absolute atomic E-state index is 5.14. The summed E-state index contributed by atoms with van der Waals surface area (Å²) in [5.41, 5.74) is 2.78. The van der Waals surface area contributed by atoms with Crippen molar-refractivity contribution in [3.8, 4) is 0 Å². The molecule has 3 aromatic heterocycles. The van der Waals surface area contributed by atoms with Gasteiger partial charge in [0.05, 0.1) is 17.9 Å². The Morgan fingerprint density at radius 1 is 1.28 bits per heavy atom. The summed E-state index contributed by atoms with van der Waals surface area (Å²) in [7, 11) is 0. The van der Waals surface area contributed by atoms with Crippen LogP contribution in [0.15, 0.2) is 29.0 Å². The van der Waals surface area contributed by atoms with Gasteiger partial charge in [-0.1, -0.05) is 5.16 Å². The molecule has 0 radical (unpaired) electrons. The van der Waals surface area contributed by atoms with Gasteiger partial charge in [-0.25, -0.2) is 9.50 Å². The van der Waals surface area contributed by atoms with Crippen LogP contribution in [0, 0.1) is 13.8 Å². The second-order valence-corrected chi connectivity index (χ2v) is 4.18. The normalized spacial score (nSPS) is 11.0. The Labute approximate surface area is 104 Å². The Morgan fingerprint density at radius 2 is 2.17 bits per heavy atom. The summed E-state index contributed by atoms with van der Waals surface area (Å²) in [5, 5.41) is 11.4. The highest BCUT2D eigenvalue weighted by Gasteiger charge is 2.06. The van der Waals surface area contributed by atoms with Gasteiger partial charge in [0.2, 0.25) is 0 Å². The zero-order valence-electron chi connectivity index (χ0n) is 10.2. The molecule has 0 fully saturated rings. The van der Waals surface area contributed by atoms with E-state index in [2.05, 4.69) is 20.6 Å². The zero-order chi connectivity index (χ0) is 12.5. The van der Waals surface area contributed by atoms with Gasteiger partial charge in [0.25, 0.3) is 0 Å². The molecule has 0 saturated carbocycles. The molecule has 6 nitrogen and oxygen atoms in total. The van der Waals surface area contributed by atoms with Gasteiger partial charge in [-0.15, -0.1) is 0 Å². The third-order valence-electron chi connectivity index (χ3n) is 2.62. The van der Waals surface area contributed by atoms with Crippen LogP contribution in [0.25, 0.3) is 5.52 Å². The molecule has 0 bridgehead atoms. The van der Waals surface area contributed by atoms with E-state index in [1.807, 2.05) is 32.2 Å². The fourth-order valence-electron chi connectivity index (χ4n) is 1.85. The summed E-state index contributed by atoms with van der Waals surface area (Å²) < 4.78 is 6.94. The zero-order valence-corrected chi connectivity index (χ0v) is 10.2. The SMILES string of the molecule is Cc1cc(CNc2nccn3nc(C)cc23)on1. The topological polar surface area (TPSA) is 68.2 Å². The van der Waals surface area contributed by atoms with Gasteiger partial charge in [-0.3, -0.25) is 0 Å². The molecule has 3 rings (SSSR count). The largest absolute Gasteiger partial charge is 0.361 e. The highest BCUT2D eigenvalue weighted by atomic mass is 16.5. The van der Waals surface area contributed by atoms with E-state index in [-0.39, 0.29) is 0 Å². The third-order valence-corrected chi connectivity index (χ3v) is 2.62. The first-order valence-corrected chi connectivity index (χ1v) is 5.69. The van der Waals surface area contributed by atoms with E-state index in [1.165, 1.54) is 0 Å². The first-order valence-electron chi connectivity index (χ1n) is 5.69. The molecule has 3 aromatic rings. The number of aryl methyl sites for hydroxylation is 2. The van der Waals surface area contributed by atoms with Crippen molar-refractivity contribution in [2.24, 2.45) is 0 Å². The van der Waals surface area contributed by atoms with E-state index in [9.17, 15) is 0 Å². The first kappa shape index (κ1) is 10.8. The Hall–Kier alpha value is -2.37. The van der Waals surface area contributed by atoms with Crippen LogP contribution in [0.4, 0.5) is 5.82 Å².